The van der Waals surface area contributed by atoms with Crippen LogP contribution < -0.4 is 10.1 Å². The van der Waals surface area contributed by atoms with Gasteiger partial charge in [-0.2, -0.15) is 0 Å². The number of hydrogen-bond donors (Lipinski definition) is 3. The zero-order valence-corrected chi connectivity index (χ0v) is 34.7. The fourth-order valence-corrected chi connectivity index (χ4v) is 5.81. The Bertz CT molecular complexity index is 1580. The summed E-state index contributed by atoms with van der Waals surface area (Å²) in [5, 5.41) is 24.3. The van der Waals surface area contributed by atoms with Gasteiger partial charge in [-0.15, -0.1) is 5.92 Å². The number of carbonyl (C=O) groups is 7. The molecular weight excluding hydrogens is 754 g/mol. The first kappa shape index (κ1) is 50.8. The van der Waals surface area contributed by atoms with Crippen LogP contribution in [0.5, 0.6) is 5.75 Å². The number of benzene rings is 1. The second-order valence-electron chi connectivity index (χ2n) is 13.9. The van der Waals surface area contributed by atoms with Crippen LogP contribution in [0.1, 0.15) is 131 Å². The van der Waals surface area contributed by atoms with Gasteiger partial charge in [0, 0.05) is 47.0 Å². The topological polar surface area (TPSA) is 218 Å². The van der Waals surface area contributed by atoms with Crippen molar-refractivity contribution in [2.24, 2.45) is 5.92 Å². The first-order valence-electron chi connectivity index (χ1n) is 19.8. The van der Waals surface area contributed by atoms with Crippen molar-refractivity contribution in [2.75, 3.05) is 6.61 Å². The molecule has 0 aliphatic carbocycles. The van der Waals surface area contributed by atoms with Gasteiger partial charge in [-0.3, -0.25) is 24.0 Å². The number of carboxylic acids is 1. The molecule has 0 aliphatic heterocycles. The maximum atomic E-state index is 14.0. The predicted octanol–water partition coefficient (Wildman–Crippen LogP) is 5.67. The monoisotopic (exact) mass is 815 g/mol. The van der Waals surface area contributed by atoms with Gasteiger partial charge in [-0.05, 0) is 50.3 Å². The summed E-state index contributed by atoms with van der Waals surface area (Å²) >= 11 is 0. The van der Waals surface area contributed by atoms with Crippen LogP contribution in [0.4, 0.5) is 0 Å². The van der Waals surface area contributed by atoms with Gasteiger partial charge in [-0.1, -0.05) is 75.7 Å². The minimum Gasteiger partial charge on any atom is -0.481 e. The van der Waals surface area contributed by atoms with E-state index in [-0.39, 0.29) is 18.8 Å². The SMILES string of the molecule is CC#CCOc1ccc(C[C@H](NC(=O)C(/C=C/CCCCCCC(=O)CCCCCCC)C(O)(CC(=O)O[C@@H](C)OC(C)=O)C(=O)O)C(=O)O[C@@H](C)OC(C)=O)cc1. The van der Waals surface area contributed by atoms with E-state index in [0.717, 1.165) is 64.9 Å². The molecule has 58 heavy (non-hydrogen) atoms. The van der Waals surface area contributed by atoms with Gasteiger partial charge in [0.1, 0.15) is 24.2 Å². The lowest BCUT2D eigenvalue weighted by atomic mass is 9.82. The number of hydrogen-bond acceptors (Lipinski definition) is 13. The second kappa shape index (κ2) is 28.2. The van der Waals surface area contributed by atoms with Crippen molar-refractivity contribution < 1.29 is 67.5 Å². The van der Waals surface area contributed by atoms with Gasteiger partial charge in [0.25, 0.3) is 0 Å². The van der Waals surface area contributed by atoms with E-state index in [1.165, 1.54) is 26.3 Å². The van der Waals surface area contributed by atoms with E-state index < -0.39 is 72.3 Å². The average Bonchev–Trinajstić information content (AvgIpc) is 3.13. The normalized spacial score (nSPS) is 14.0. The third kappa shape index (κ3) is 21.3. The lowest BCUT2D eigenvalue weighted by molar-refractivity contribution is -0.192. The van der Waals surface area contributed by atoms with E-state index in [0.29, 0.717) is 37.0 Å². The lowest BCUT2D eigenvalue weighted by Gasteiger charge is -2.30. The van der Waals surface area contributed by atoms with E-state index >= 15 is 0 Å². The summed E-state index contributed by atoms with van der Waals surface area (Å²) in [6.07, 6.45) is 8.09. The minimum atomic E-state index is -3.11. The molecule has 15 heteroatoms. The number of carboxylic acid groups (broad SMARTS) is 1. The van der Waals surface area contributed by atoms with E-state index in [2.05, 4.69) is 24.1 Å². The Morgan fingerprint density at radius 2 is 1.38 bits per heavy atom. The number of nitrogens with one attached hydrogen (secondary N) is 1. The number of Topliss-reactive ketones (excluding diaryl/α,β-unsaturated/α-hetero) is 1. The highest BCUT2D eigenvalue weighted by atomic mass is 16.7. The van der Waals surface area contributed by atoms with Crippen LogP contribution in [-0.4, -0.2) is 82.6 Å². The van der Waals surface area contributed by atoms with Crippen LogP contribution in [-0.2, 0) is 58.9 Å². The fourth-order valence-electron chi connectivity index (χ4n) is 5.81. The fraction of sp³-hybridized carbons (Fsp3) is 0.605. The van der Waals surface area contributed by atoms with E-state index in [1.807, 2.05) is 0 Å². The van der Waals surface area contributed by atoms with Gasteiger partial charge in [0.2, 0.25) is 18.5 Å². The second-order valence-corrected chi connectivity index (χ2v) is 13.9. The first-order valence-corrected chi connectivity index (χ1v) is 19.8. The van der Waals surface area contributed by atoms with Crippen LogP contribution in [0.25, 0.3) is 0 Å². The Hall–Kier alpha value is -5.23. The standard InChI is InChI=1S/C43H61NO14/c1-7-9-11-14-17-20-35(47)21-18-15-12-13-16-19-22-37(43(53,42(51)52)29-39(48)57-32(5)55-30(3)45)40(49)44-38(41(50)58-33(6)56-31(4)46)28-34-23-25-36(26-24-34)54-27-10-8-2/h19,22-26,32-33,37-38,53H,7,9,11-18,20-21,27-29H2,1-6H3,(H,44,49)(H,51,52)/b22-19+/t32-,33-,37?,38-,43?/m0/s1. The number of esters is 4. The highest BCUT2D eigenvalue weighted by molar-refractivity contribution is 5.95. The molecule has 0 aliphatic rings. The molecule has 15 nitrogen and oxygen atoms in total. The maximum absolute atomic E-state index is 14.0. The molecule has 0 spiro atoms. The Kier molecular flexibility index (Phi) is 24.7. The van der Waals surface area contributed by atoms with E-state index in [1.54, 1.807) is 31.2 Å². The Labute approximate surface area is 341 Å². The summed E-state index contributed by atoms with van der Waals surface area (Å²) in [5.41, 5.74) is -2.60. The average molecular weight is 816 g/mol. The van der Waals surface area contributed by atoms with Crippen molar-refractivity contribution in [3.05, 3.63) is 42.0 Å². The van der Waals surface area contributed by atoms with Gasteiger partial charge in [0.05, 0.1) is 12.3 Å². The summed E-state index contributed by atoms with van der Waals surface area (Å²) < 4.78 is 25.4. The molecule has 0 saturated carbocycles. The molecule has 1 rings (SSSR count). The van der Waals surface area contributed by atoms with Crippen molar-refractivity contribution in [3.8, 4) is 17.6 Å². The maximum Gasteiger partial charge on any atom is 0.337 e. The summed E-state index contributed by atoms with van der Waals surface area (Å²) in [6, 6.07) is 4.96. The van der Waals surface area contributed by atoms with Crippen LogP contribution in [0.3, 0.4) is 0 Å². The summed E-state index contributed by atoms with van der Waals surface area (Å²) in [7, 11) is 0. The molecular formula is C43H61NO14. The van der Waals surface area contributed by atoms with Crippen molar-refractivity contribution in [2.45, 2.75) is 156 Å². The molecule has 2 unspecified atom stereocenters. The zero-order chi connectivity index (χ0) is 43.5. The molecule has 1 aromatic carbocycles. The molecule has 0 radical (unpaired) electrons. The molecule has 0 bridgehead atoms. The molecule has 322 valence electrons. The van der Waals surface area contributed by atoms with E-state index in [9.17, 15) is 43.8 Å². The highest BCUT2D eigenvalue weighted by Crippen LogP contribution is 2.27. The molecule has 0 fully saturated rings. The molecule has 1 aromatic rings. The van der Waals surface area contributed by atoms with Gasteiger partial charge in [-0.25, -0.2) is 9.59 Å². The van der Waals surface area contributed by atoms with Crippen molar-refractivity contribution in [1.82, 2.24) is 5.32 Å². The Morgan fingerprint density at radius 1 is 0.810 bits per heavy atom. The van der Waals surface area contributed by atoms with E-state index in [4.69, 9.17) is 23.7 Å². The number of aliphatic carboxylic acids is 1. The third-order valence-corrected chi connectivity index (χ3v) is 8.74. The smallest absolute Gasteiger partial charge is 0.337 e. The Morgan fingerprint density at radius 3 is 1.93 bits per heavy atom. The van der Waals surface area contributed by atoms with Crippen molar-refractivity contribution in [3.63, 3.8) is 0 Å². The zero-order valence-electron chi connectivity index (χ0n) is 34.7. The van der Waals surface area contributed by atoms with Crippen molar-refractivity contribution in [1.29, 1.82) is 0 Å². The van der Waals surface area contributed by atoms with Crippen LogP contribution in [0.2, 0.25) is 0 Å². The molecule has 0 aromatic heterocycles. The van der Waals surface area contributed by atoms with Gasteiger partial charge >= 0.3 is 29.8 Å². The highest BCUT2D eigenvalue weighted by Gasteiger charge is 2.50. The van der Waals surface area contributed by atoms with Crippen LogP contribution in [0, 0.1) is 17.8 Å². The molecule has 0 saturated heterocycles. The van der Waals surface area contributed by atoms with Gasteiger partial charge in [0.15, 0.2) is 5.60 Å². The number of unbranched alkanes of at least 4 members (excludes halogenated alkanes) is 8. The number of allylic oxidation sites excluding steroid dienone is 1. The number of aliphatic hydroxyl groups is 1. The number of rotatable bonds is 29. The molecule has 0 heterocycles. The summed E-state index contributed by atoms with van der Waals surface area (Å²) in [6.45, 7) is 8.63. The number of carbonyl (C=O) groups excluding carboxylic acids is 6. The summed E-state index contributed by atoms with van der Waals surface area (Å²) in [4.78, 5) is 88.0. The number of ketones is 1. The largest absolute Gasteiger partial charge is 0.481 e. The quantitative estimate of drug-likeness (QED) is 0.0292. The Balaban J connectivity index is 3.29. The van der Waals surface area contributed by atoms with Gasteiger partial charge < -0.3 is 39.2 Å². The molecule has 1 amide bonds. The predicted molar refractivity (Wildman–Crippen MR) is 212 cm³/mol. The first-order chi connectivity index (χ1) is 27.5. The molecule has 5 atom stereocenters. The summed E-state index contributed by atoms with van der Waals surface area (Å²) in [5.74, 6) is -2.73. The van der Waals surface area contributed by atoms with Crippen molar-refractivity contribution >= 4 is 41.5 Å². The third-order valence-electron chi connectivity index (χ3n) is 8.74. The number of ether oxygens (including phenoxy) is 5. The lowest BCUT2D eigenvalue weighted by Crippen LogP contribution is -2.56. The van der Waals surface area contributed by atoms with Crippen LogP contribution >= 0.6 is 0 Å². The number of amides is 1. The molecule has 3 N–H and O–H groups in total. The van der Waals surface area contributed by atoms with Crippen LogP contribution in [0.15, 0.2) is 36.4 Å². The minimum absolute atomic E-state index is 0.146.